The lowest BCUT2D eigenvalue weighted by Crippen LogP contribution is -2.29. The molecule has 0 radical (unpaired) electrons. The molecule has 1 saturated heterocycles. The van der Waals surface area contributed by atoms with E-state index in [9.17, 15) is 5.11 Å². The molecule has 0 amide bonds. The molecular weight excluding hydrogens is 262 g/mol. The third-order valence-corrected chi connectivity index (χ3v) is 4.14. The lowest BCUT2D eigenvalue weighted by molar-refractivity contribution is 0.199. The van der Waals surface area contributed by atoms with Crippen LogP contribution in [0, 0.1) is 0 Å². The van der Waals surface area contributed by atoms with E-state index in [1.165, 1.54) is 6.42 Å². The maximum atomic E-state index is 9.57. The van der Waals surface area contributed by atoms with Gasteiger partial charge in [0.05, 0.1) is 16.8 Å². The second-order valence-corrected chi connectivity index (χ2v) is 5.65. The molecule has 1 aromatic carbocycles. The fourth-order valence-electron chi connectivity index (χ4n) is 2.80. The van der Waals surface area contributed by atoms with Gasteiger partial charge in [-0.25, -0.2) is 0 Å². The summed E-state index contributed by atoms with van der Waals surface area (Å²) >= 11 is 6.35. The highest BCUT2D eigenvalue weighted by Gasteiger charge is 2.25. The first-order chi connectivity index (χ1) is 9.13. The first-order valence-corrected chi connectivity index (χ1v) is 7.36. The van der Waals surface area contributed by atoms with E-state index >= 15 is 0 Å². The molecule has 1 aliphatic rings. The summed E-state index contributed by atoms with van der Waals surface area (Å²) in [5.41, 5.74) is 1.89. The molecule has 106 valence electrons. The molecule has 1 fully saturated rings. The van der Waals surface area contributed by atoms with Gasteiger partial charge in [0.2, 0.25) is 0 Å². The first kappa shape index (κ1) is 14.6. The molecule has 0 aromatic heterocycles. The average molecular weight is 284 g/mol. The van der Waals surface area contributed by atoms with Gasteiger partial charge >= 0.3 is 0 Å². The Morgan fingerprint density at radius 2 is 2.26 bits per heavy atom. The zero-order valence-electron chi connectivity index (χ0n) is 11.3. The van der Waals surface area contributed by atoms with E-state index in [1.807, 2.05) is 18.2 Å². The minimum Gasteiger partial charge on any atom is -0.396 e. The number of aliphatic hydroxyl groups is 2. The Labute approximate surface area is 119 Å². The van der Waals surface area contributed by atoms with Gasteiger partial charge in [0.25, 0.3) is 0 Å². The van der Waals surface area contributed by atoms with E-state index < -0.39 is 6.10 Å². The number of anilines is 1. The van der Waals surface area contributed by atoms with Gasteiger partial charge in [0.1, 0.15) is 0 Å². The molecule has 1 heterocycles. The molecule has 2 N–H and O–H groups in total. The summed E-state index contributed by atoms with van der Waals surface area (Å²) in [6.07, 6.45) is 3.68. The SMILES string of the molecule is CC(O)c1ccc(N2CCCC2CCCO)c(Cl)c1. The van der Waals surface area contributed by atoms with Crippen molar-refractivity contribution in [3.63, 3.8) is 0 Å². The topological polar surface area (TPSA) is 43.7 Å². The van der Waals surface area contributed by atoms with E-state index in [0.29, 0.717) is 11.1 Å². The van der Waals surface area contributed by atoms with Crippen LogP contribution in [0.1, 0.15) is 44.3 Å². The van der Waals surface area contributed by atoms with Gasteiger partial charge in [0.15, 0.2) is 0 Å². The molecule has 1 aromatic rings. The molecular formula is C15H22ClNO2. The average Bonchev–Trinajstić information content (AvgIpc) is 2.84. The molecule has 0 bridgehead atoms. The number of halogens is 1. The van der Waals surface area contributed by atoms with Crippen molar-refractivity contribution < 1.29 is 10.2 Å². The monoisotopic (exact) mass is 283 g/mol. The molecule has 0 saturated carbocycles. The fraction of sp³-hybridized carbons (Fsp3) is 0.600. The van der Waals surface area contributed by atoms with Crippen molar-refractivity contribution in [2.24, 2.45) is 0 Å². The van der Waals surface area contributed by atoms with Crippen LogP contribution in [0.5, 0.6) is 0 Å². The Bertz CT molecular complexity index is 423. The second-order valence-electron chi connectivity index (χ2n) is 5.24. The lowest BCUT2D eigenvalue weighted by Gasteiger charge is -2.28. The number of aliphatic hydroxyl groups excluding tert-OH is 2. The van der Waals surface area contributed by atoms with Crippen LogP contribution in [-0.4, -0.2) is 29.4 Å². The molecule has 19 heavy (non-hydrogen) atoms. The third-order valence-electron chi connectivity index (χ3n) is 3.84. The predicted molar refractivity (Wildman–Crippen MR) is 78.8 cm³/mol. The molecule has 1 aliphatic heterocycles. The van der Waals surface area contributed by atoms with Crippen LogP contribution in [-0.2, 0) is 0 Å². The summed E-state index contributed by atoms with van der Waals surface area (Å²) in [4.78, 5) is 2.34. The first-order valence-electron chi connectivity index (χ1n) is 6.98. The minimum atomic E-state index is -0.490. The zero-order chi connectivity index (χ0) is 13.8. The highest BCUT2D eigenvalue weighted by atomic mass is 35.5. The van der Waals surface area contributed by atoms with Gasteiger partial charge in [-0.3, -0.25) is 0 Å². The highest BCUT2D eigenvalue weighted by molar-refractivity contribution is 6.33. The quantitative estimate of drug-likeness (QED) is 0.872. The van der Waals surface area contributed by atoms with Gasteiger partial charge in [-0.2, -0.15) is 0 Å². The van der Waals surface area contributed by atoms with Crippen molar-refractivity contribution in [3.8, 4) is 0 Å². The van der Waals surface area contributed by atoms with Crippen molar-refractivity contribution in [1.82, 2.24) is 0 Å². The highest BCUT2D eigenvalue weighted by Crippen LogP contribution is 2.34. The number of hydrogen-bond acceptors (Lipinski definition) is 3. The summed E-state index contributed by atoms with van der Waals surface area (Å²) < 4.78 is 0. The number of hydrogen-bond donors (Lipinski definition) is 2. The molecule has 0 aliphatic carbocycles. The standard InChI is InChI=1S/C15H22ClNO2/c1-11(19)12-6-7-15(14(16)10-12)17-8-2-4-13(17)5-3-9-18/h6-7,10-11,13,18-19H,2-5,8-9H2,1H3. The second kappa shape index (κ2) is 6.60. The molecule has 0 spiro atoms. The van der Waals surface area contributed by atoms with Crippen LogP contribution in [0.15, 0.2) is 18.2 Å². The van der Waals surface area contributed by atoms with Gasteiger partial charge < -0.3 is 15.1 Å². The summed E-state index contributed by atoms with van der Waals surface area (Å²) in [7, 11) is 0. The van der Waals surface area contributed by atoms with Crippen LogP contribution in [0.25, 0.3) is 0 Å². The molecule has 4 heteroatoms. The van der Waals surface area contributed by atoms with Crippen LogP contribution in [0.2, 0.25) is 5.02 Å². The minimum absolute atomic E-state index is 0.249. The van der Waals surface area contributed by atoms with E-state index in [2.05, 4.69) is 4.90 Å². The summed E-state index contributed by atoms with van der Waals surface area (Å²) in [6, 6.07) is 6.26. The summed E-state index contributed by atoms with van der Waals surface area (Å²) in [6.45, 7) is 3.01. The number of benzene rings is 1. The Kier molecular flexibility index (Phi) is 5.08. The Balaban J connectivity index is 2.16. The maximum absolute atomic E-state index is 9.57. The van der Waals surface area contributed by atoms with Crippen LogP contribution >= 0.6 is 11.6 Å². The molecule has 2 atom stereocenters. The Morgan fingerprint density at radius 3 is 2.89 bits per heavy atom. The number of rotatable bonds is 5. The summed E-state index contributed by atoms with van der Waals surface area (Å²) in [5, 5.41) is 19.2. The summed E-state index contributed by atoms with van der Waals surface area (Å²) in [5.74, 6) is 0. The van der Waals surface area contributed by atoms with Gasteiger partial charge in [-0.1, -0.05) is 17.7 Å². The lowest BCUT2D eigenvalue weighted by atomic mass is 10.1. The predicted octanol–water partition coefficient (Wildman–Crippen LogP) is 3.13. The largest absolute Gasteiger partial charge is 0.396 e. The molecule has 2 rings (SSSR count). The molecule has 3 nitrogen and oxygen atoms in total. The fourth-order valence-corrected chi connectivity index (χ4v) is 3.09. The van der Waals surface area contributed by atoms with Crippen molar-refractivity contribution in [2.45, 2.75) is 44.8 Å². The van der Waals surface area contributed by atoms with Crippen LogP contribution < -0.4 is 4.90 Å². The van der Waals surface area contributed by atoms with Crippen LogP contribution in [0.4, 0.5) is 5.69 Å². The Hall–Kier alpha value is -0.770. The van der Waals surface area contributed by atoms with Gasteiger partial charge in [-0.05, 0) is 50.3 Å². The molecule has 2 unspecified atom stereocenters. The van der Waals surface area contributed by atoms with Gasteiger partial charge in [-0.15, -0.1) is 0 Å². The third kappa shape index (κ3) is 3.41. The van der Waals surface area contributed by atoms with Gasteiger partial charge in [0, 0.05) is 19.2 Å². The van der Waals surface area contributed by atoms with E-state index in [0.717, 1.165) is 37.1 Å². The number of nitrogens with zero attached hydrogens (tertiary/aromatic N) is 1. The van der Waals surface area contributed by atoms with Crippen molar-refractivity contribution in [3.05, 3.63) is 28.8 Å². The van der Waals surface area contributed by atoms with Crippen LogP contribution in [0.3, 0.4) is 0 Å². The van der Waals surface area contributed by atoms with Crippen molar-refractivity contribution in [2.75, 3.05) is 18.1 Å². The van der Waals surface area contributed by atoms with E-state index in [1.54, 1.807) is 6.92 Å². The normalized spacial score (nSPS) is 20.8. The maximum Gasteiger partial charge on any atom is 0.0762 e. The van der Waals surface area contributed by atoms with Crippen molar-refractivity contribution in [1.29, 1.82) is 0 Å². The van der Waals surface area contributed by atoms with E-state index in [-0.39, 0.29) is 6.61 Å². The van der Waals surface area contributed by atoms with Crippen molar-refractivity contribution >= 4 is 17.3 Å². The smallest absolute Gasteiger partial charge is 0.0762 e. The zero-order valence-corrected chi connectivity index (χ0v) is 12.1. The Morgan fingerprint density at radius 1 is 1.47 bits per heavy atom. The van der Waals surface area contributed by atoms with E-state index in [4.69, 9.17) is 16.7 Å².